The molecule has 3 aliphatic rings. The van der Waals surface area contributed by atoms with Gasteiger partial charge in [-0.15, -0.1) is 0 Å². The van der Waals surface area contributed by atoms with E-state index in [-0.39, 0.29) is 36.4 Å². The molecule has 0 N–H and O–H groups in total. The van der Waals surface area contributed by atoms with E-state index in [2.05, 4.69) is 0 Å². The Hall–Kier alpha value is -3.15. The van der Waals surface area contributed by atoms with Gasteiger partial charge in [-0.1, -0.05) is 61.5 Å². The summed E-state index contributed by atoms with van der Waals surface area (Å²) in [5.41, 5.74) is 3.10. The number of fused-ring (bicyclic) bond motifs is 2. The van der Waals surface area contributed by atoms with Crippen LogP contribution in [0.5, 0.6) is 0 Å². The molecule has 2 aromatic rings. The first kappa shape index (κ1) is 18.9. The number of rotatable bonds is 3. The molecule has 5 rings (SSSR count). The largest absolute Gasteiger partial charge is 0.445 e. The topological polar surface area (TPSA) is 66.9 Å². The summed E-state index contributed by atoms with van der Waals surface area (Å²) in [6, 6.07) is 16.8. The van der Waals surface area contributed by atoms with Crippen LogP contribution in [-0.2, 0) is 27.4 Å². The van der Waals surface area contributed by atoms with Gasteiger partial charge < -0.3 is 9.64 Å². The van der Waals surface area contributed by atoms with Crippen molar-refractivity contribution in [2.24, 2.45) is 5.92 Å². The zero-order valence-corrected chi connectivity index (χ0v) is 16.9. The molecule has 2 fully saturated rings. The first-order valence-electron chi connectivity index (χ1n) is 10.5. The van der Waals surface area contributed by atoms with Crippen LogP contribution < -0.4 is 0 Å². The number of likely N-dealkylation sites (tertiary alicyclic amines) is 2. The van der Waals surface area contributed by atoms with Gasteiger partial charge in [0.25, 0.3) is 0 Å². The second-order valence-electron chi connectivity index (χ2n) is 8.37. The summed E-state index contributed by atoms with van der Waals surface area (Å²) in [6.07, 6.45) is 0.851. The fourth-order valence-electron chi connectivity index (χ4n) is 5.15. The van der Waals surface area contributed by atoms with Crippen molar-refractivity contribution < 1.29 is 19.1 Å². The summed E-state index contributed by atoms with van der Waals surface area (Å²) in [4.78, 5) is 42.1. The third-order valence-corrected chi connectivity index (χ3v) is 6.72. The molecule has 154 valence electrons. The van der Waals surface area contributed by atoms with Gasteiger partial charge in [-0.2, -0.15) is 0 Å². The maximum atomic E-state index is 13.2. The minimum atomic E-state index is -0.422. The second-order valence-corrected chi connectivity index (χ2v) is 8.37. The molecular formula is C24H24N2O4. The summed E-state index contributed by atoms with van der Waals surface area (Å²) < 4.78 is 5.50. The Morgan fingerprint density at radius 1 is 1.07 bits per heavy atom. The lowest BCUT2D eigenvalue weighted by molar-refractivity contribution is -0.146. The van der Waals surface area contributed by atoms with Crippen molar-refractivity contribution in [1.82, 2.24) is 9.80 Å². The molecule has 0 spiro atoms. The van der Waals surface area contributed by atoms with Crippen molar-refractivity contribution in [2.45, 2.75) is 44.4 Å². The van der Waals surface area contributed by atoms with E-state index in [0.29, 0.717) is 19.4 Å². The molecule has 2 unspecified atom stereocenters. The Kier molecular flexibility index (Phi) is 4.57. The van der Waals surface area contributed by atoms with Gasteiger partial charge in [-0.3, -0.25) is 14.5 Å². The average Bonchev–Trinajstić information content (AvgIpc) is 3.27. The zero-order valence-electron chi connectivity index (χ0n) is 16.9. The maximum absolute atomic E-state index is 13.2. The van der Waals surface area contributed by atoms with Gasteiger partial charge in [-0.25, -0.2) is 4.79 Å². The standard InChI is InChI=1S/C24H24N2O4/c1-15-21-20(11-12-25(21)24(29)30-14-16-7-3-2-4-8-16)26(22(15)27)23(28)19-13-17-9-5-6-10-18(17)19/h2-10,15,19-21H,11-14H2,1H3/t15-,19?,20-,21?/m0/s1. The summed E-state index contributed by atoms with van der Waals surface area (Å²) in [5, 5.41) is 0. The molecule has 0 aromatic heterocycles. The van der Waals surface area contributed by atoms with Gasteiger partial charge in [0.15, 0.2) is 0 Å². The first-order chi connectivity index (χ1) is 14.6. The lowest BCUT2D eigenvalue weighted by Gasteiger charge is -2.33. The van der Waals surface area contributed by atoms with E-state index >= 15 is 0 Å². The Morgan fingerprint density at radius 2 is 1.80 bits per heavy atom. The number of hydrogen-bond donors (Lipinski definition) is 0. The second kappa shape index (κ2) is 7.27. The van der Waals surface area contributed by atoms with E-state index in [1.54, 1.807) is 4.90 Å². The van der Waals surface area contributed by atoms with Crippen LogP contribution in [0.4, 0.5) is 4.79 Å². The number of ether oxygens (including phenoxy) is 1. The zero-order chi connectivity index (χ0) is 20.8. The molecule has 6 heteroatoms. The number of nitrogens with zero attached hydrogens (tertiary/aromatic N) is 2. The fourth-order valence-corrected chi connectivity index (χ4v) is 5.15. The van der Waals surface area contributed by atoms with E-state index in [1.165, 1.54) is 10.5 Å². The van der Waals surface area contributed by atoms with E-state index < -0.39 is 12.0 Å². The van der Waals surface area contributed by atoms with Gasteiger partial charge in [0.1, 0.15) is 6.61 Å². The number of imide groups is 1. The quantitative estimate of drug-likeness (QED) is 0.738. The summed E-state index contributed by atoms with van der Waals surface area (Å²) in [7, 11) is 0. The Bertz CT molecular complexity index is 1010. The predicted octanol–water partition coefficient (Wildman–Crippen LogP) is 3.11. The summed E-state index contributed by atoms with van der Waals surface area (Å²) in [5.74, 6) is -0.978. The van der Waals surface area contributed by atoms with Gasteiger partial charge in [0, 0.05) is 6.54 Å². The normalized spacial score (nSPS) is 26.8. The van der Waals surface area contributed by atoms with Gasteiger partial charge in [0.05, 0.1) is 23.9 Å². The first-order valence-corrected chi connectivity index (χ1v) is 10.5. The third kappa shape index (κ3) is 2.90. The van der Waals surface area contributed by atoms with Crippen LogP contribution in [-0.4, -0.2) is 46.3 Å². The molecule has 30 heavy (non-hydrogen) atoms. The van der Waals surface area contributed by atoms with Crippen LogP contribution in [0.15, 0.2) is 54.6 Å². The fraction of sp³-hybridized carbons (Fsp3) is 0.375. The highest BCUT2D eigenvalue weighted by molar-refractivity contribution is 6.03. The maximum Gasteiger partial charge on any atom is 0.410 e. The van der Waals surface area contributed by atoms with Gasteiger partial charge in [0.2, 0.25) is 11.8 Å². The SMILES string of the molecule is C[C@@H]1C(=O)N(C(=O)C2Cc3ccccc32)[C@H]2CCN(C(=O)OCc3ccccc3)C12. The number of benzene rings is 2. The third-order valence-electron chi connectivity index (χ3n) is 6.72. The minimum Gasteiger partial charge on any atom is -0.445 e. The highest BCUT2D eigenvalue weighted by Crippen LogP contribution is 2.42. The van der Waals surface area contributed by atoms with Crippen LogP contribution in [0.25, 0.3) is 0 Å². The number of carbonyl (C=O) groups is 3. The average molecular weight is 404 g/mol. The molecule has 1 aliphatic carbocycles. The molecule has 0 saturated carbocycles. The van der Waals surface area contributed by atoms with E-state index in [4.69, 9.17) is 4.74 Å². The van der Waals surface area contributed by atoms with Crippen LogP contribution in [0, 0.1) is 5.92 Å². The lowest BCUT2D eigenvalue weighted by Crippen LogP contribution is -2.46. The van der Waals surface area contributed by atoms with Crippen molar-refractivity contribution in [2.75, 3.05) is 6.54 Å². The van der Waals surface area contributed by atoms with Crippen LogP contribution in [0.3, 0.4) is 0 Å². The molecule has 2 aromatic carbocycles. The molecule has 2 saturated heterocycles. The van der Waals surface area contributed by atoms with Crippen molar-refractivity contribution >= 4 is 17.9 Å². The van der Waals surface area contributed by atoms with Crippen LogP contribution >= 0.6 is 0 Å². The van der Waals surface area contributed by atoms with Gasteiger partial charge in [-0.05, 0) is 29.5 Å². The molecule has 4 atom stereocenters. The van der Waals surface area contributed by atoms with E-state index in [1.807, 2.05) is 61.5 Å². The molecular weight excluding hydrogens is 380 g/mol. The Balaban J connectivity index is 1.30. The Labute approximate surface area is 175 Å². The monoisotopic (exact) mass is 404 g/mol. The summed E-state index contributed by atoms with van der Waals surface area (Å²) in [6.45, 7) is 2.49. The smallest absolute Gasteiger partial charge is 0.410 e. The molecule has 6 nitrogen and oxygen atoms in total. The van der Waals surface area contributed by atoms with Crippen molar-refractivity contribution in [3.63, 3.8) is 0 Å². The molecule has 3 amide bonds. The van der Waals surface area contributed by atoms with Crippen LogP contribution in [0.1, 0.15) is 36.0 Å². The Morgan fingerprint density at radius 3 is 2.57 bits per heavy atom. The summed E-state index contributed by atoms with van der Waals surface area (Å²) >= 11 is 0. The van der Waals surface area contributed by atoms with E-state index in [9.17, 15) is 14.4 Å². The van der Waals surface area contributed by atoms with Crippen molar-refractivity contribution in [1.29, 1.82) is 0 Å². The van der Waals surface area contributed by atoms with Crippen molar-refractivity contribution in [3.05, 3.63) is 71.3 Å². The number of carbonyl (C=O) groups excluding carboxylic acids is 3. The van der Waals surface area contributed by atoms with Gasteiger partial charge >= 0.3 is 6.09 Å². The highest BCUT2D eigenvalue weighted by Gasteiger charge is 2.56. The van der Waals surface area contributed by atoms with E-state index in [0.717, 1.165) is 11.1 Å². The lowest BCUT2D eigenvalue weighted by atomic mass is 9.76. The number of hydrogen-bond acceptors (Lipinski definition) is 4. The molecule has 0 bridgehead atoms. The molecule has 0 radical (unpaired) electrons. The van der Waals surface area contributed by atoms with Crippen LogP contribution in [0.2, 0.25) is 0 Å². The minimum absolute atomic E-state index is 0.127. The molecule has 2 heterocycles. The predicted molar refractivity (Wildman–Crippen MR) is 109 cm³/mol. The number of amides is 3. The molecule has 2 aliphatic heterocycles. The van der Waals surface area contributed by atoms with Crippen molar-refractivity contribution in [3.8, 4) is 0 Å². The highest BCUT2D eigenvalue weighted by atomic mass is 16.6.